The Bertz CT molecular complexity index is 647. The van der Waals surface area contributed by atoms with Gasteiger partial charge in [-0.3, -0.25) is 9.48 Å². The lowest BCUT2D eigenvalue weighted by Gasteiger charge is -2.07. The van der Waals surface area contributed by atoms with Crippen LogP contribution in [-0.4, -0.2) is 30.3 Å². The highest BCUT2D eigenvalue weighted by atomic mass is 32.1. The zero-order valence-corrected chi connectivity index (χ0v) is 12.7. The van der Waals surface area contributed by atoms with E-state index in [9.17, 15) is 4.79 Å². The van der Waals surface area contributed by atoms with Gasteiger partial charge in [0.15, 0.2) is 0 Å². The van der Waals surface area contributed by atoms with Crippen molar-refractivity contribution in [2.45, 2.75) is 19.8 Å². The van der Waals surface area contributed by atoms with Crippen molar-refractivity contribution < 1.29 is 4.79 Å². The van der Waals surface area contributed by atoms with E-state index in [1.807, 2.05) is 6.92 Å². The number of thiocarbonyl (C=S) groups is 1. The molecule has 7 nitrogen and oxygen atoms in total. The van der Waals surface area contributed by atoms with E-state index in [-0.39, 0.29) is 10.9 Å². The van der Waals surface area contributed by atoms with Gasteiger partial charge in [-0.2, -0.15) is 5.10 Å². The summed E-state index contributed by atoms with van der Waals surface area (Å²) in [4.78, 5) is 13.0. The zero-order chi connectivity index (χ0) is 14.7. The van der Waals surface area contributed by atoms with E-state index in [1.165, 1.54) is 10.9 Å². The summed E-state index contributed by atoms with van der Waals surface area (Å²) in [5.74, 6) is 0.197. The summed E-state index contributed by atoms with van der Waals surface area (Å²) in [6, 6.07) is 0. The number of hydrogen-bond donors (Lipinski definition) is 2. The SMILES string of the molecule is CCCc1nnsc1C(=O)Nc1c(C(N)=S)cnn1C. The maximum absolute atomic E-state index is 12.3. The van der Waals surface area contributed by atoms with Crippen molar-refractivity contribution in [3.8, 4) is 0 Å². The van der Waals surface area contributed by atoms with Crippen molar-refractivity contribution in [1.29, 1.82) is 0 Å². The van der Waals surface area contributed by atoms with Crippen molar-refractivity contribution in [2.24, 2.45) is 12.8 Å². The molecular weight excluding hydrogens is 296 g/mol. The van der Waals surface area contributed by atoms with Crippen molar-refractivity contribution in [3.05, 3.63) is 22.3 Å². The minimum absolute atomic E-state index is 0.185. The van der Waals surface area contributed by atoms with E-state index in [1.54, 1.807) is 7.05 Å². The Labute approximate surface area is 125 Å². The van der Waals surface area contributed by atoms with Crippen LogP contribution in [0.1, 0.15) is 34.3 Å². The number of hydrogen-bond acceptors (Lipinski definition) is 6. The molecule has 2 aromatic heterocycles. The van der Waals surface area contributed by atoms with Crippen LogP contribution < -0.4 is 11.1 Å². The lowest BCUT2D eigenvalue weighted by molar-refractivity contribution is 0.102. The monoisotopic (exact) mass is 310 g/mol. The molecule has 0 aliphatic rings. The number of amides is 1. The summed E-state index contributed by atoms with van der Waals surface area (Å²) in [5.41, 5.74) is 6.84. The van der Waals surface area contributed by atoms with Crippen LogP contribution in [0.15, 0.2) is 6.20 Å². The average molecular weight is 310 g/mol. The van der Waals surface area contributed by atoms with Gasteiger partial charge in [-0.05, 0) is 18.0 Å². The number of anilines is 1. The summed E-state index contributed by atoms with van der Waals surface area (Å²) in [6.45, 7) is 2.02. The smallest absolute Gasteiger partial charge is 0.270 e. The fraction of sp³-hybridized carbons (Fsp3) is 0.364. The van der Waals surface area contributed by atoms with Crippen LogP contribution in [0.4, 0.5) is 5.82 Å². The van der Waals surface area contributed by atoms with Gasteiger partial charge in [0.05, 0.1) is 17.5 Å². The number of aryl methyl sites for hydroxylation is 2. The molecule has 9 heteroatoms. The molecule has 0 radical (unpaired) electrons. The third kappa shape index (κ3) is 2.83. The number of carbonyl (C=O) groups excluding carboxylic acids is 1. The highest BCUT2D eigenvalue weighted by Gasteiger charge is 2.19. The van der Waals surface area contributed by atoms with Gasteiger partial charge in [0.1, 0.15) is 15.7 Å². The van der Waals surface area contributed by atoms with Gasteiger partial charge in [0.2, 0.25) is 0 Å². The Morgan fingerprint density at radius 3 is 3.00 bits per heavy atom. The van der Waals surface area contributed by atoms with Gasteiger partial charge in [-0.15, -0.1) is 5.10 Å². The van der Waals surface area contributed by atoms with Crippen molar-refractivity contribution >= 4 is 40.5 Å². The first-order valence-electron chi connectivity index (χ1n) is 5.99. The van der Waals surface area contributed by atoms with Crippen molar-refractivity contribution in [3.63, 3.8) is 0 Å². The number of rotatable bonds is 5. The van der Waals surface area contributed by atoms with Crippen LogP contribution in [0.25, 0.3) is 0 Å². The molecule has 0 atom stereocenters. The lowest BCUT2D eigenvalue weighted by atomic mass is 10.2. The number of nitrogens with two attached hydrogens (primary N) is 1. The molecule has 0 fully saturated rings. The third-order valence-electron chi connectivity index (χ3n) is 2.68. The highest BCUT2D eigenvalue weighted by Crippen LogP contribution is 2.18. The van der Waals surface area contributed by atoms with Gasteiger partial charge in [-0.1, -0.05) is 30.1 Å². The fourth-order valence-corrected chi connectivity index (χ4v) is 2.46. The van der Waals surface area contributed by atoms with E-state index >= 15 is 0 Å². The summed E-state index contributed by atoms with van der Waals surface area (Å²) in [6.07, 6.45) is 3.14. The molecule has 0 aliphatic heterocycles. The molecule has 0 spiro atoms. The van der Waals surface area contributed by atoms with Crippen LogP contribution in [0.2, 0.25) is 0 Å². The predicted molar refractivity (Wildman–Crippen MR) is 81.0 cm³/mol. The average Bonchev–Trinajstić information content (AvgIpc) is 2.98. The van der Waals surface area contributed by atoms with Gasteiger partial charge >= 0.3 is 0 Å². The van der Waals surface area contributed by atoms with Gasteiger partial charge in [0, 0.05) is 7.05 Å². The molecule has 0 saturated heterocycles. The summed E-state index contributed by atoms with van der Waals surface area (Å²) >= 11 is 6.01. The third-order valence-corrected chi connectivity index (χ3v) is 3.67. The fourth-order valence-electron chi connectivity index (χ4n) is 1.71. The molecule has 0 aliphatic carbocycles. The minimum atomic E-state index is -0.274. The largest absolute Gasteiger partial charge is 0.389 e. The molecule has 0 saturated carbocycles. The van der Waals surface area contributed by atoms with Gasteiger partial charge < -0.3 is 11.1 Å². The molecule has 106 valence electrons. The van der Waals surface area contributed by atoms with E-state index < -0.39 is 0 Å². The van der Waals surface area contributed by atoms with E-state index in [0.717, 1.165) is 18.0 Å². The Kier molecular flexibility index (Phi) is 4.40. The van der Waals surface area contributed by atoms with E-state index in [4.69, 9.17) is 18.0 Å². The highest BCUT2D eigenvalue weighted by molar-refractivity contribution is 7.80. The number of aromatic nitrogens is 4. The predicted octanol–water partition coefficient (Wildman–Crippen LogP) is 1.11. The molecule has 3 N–H and O–H groups in total. The van der Waals surface area contributed by atoms with Gasteiger partial charge in [0.25, 0.3) is 5.91 Å². The maximum Gasteiger partial charge on any atom is 0.270 e. The number of carbonyl (C=O) groups is 1. The second-order valence-corrected chi connectivity index (χ2v) is 5.34. The van der Waals surface area contributed by atoms with Crippen LogP contribution in [0, 0.1) is 0 Å². The van der Waals surface area contributed by atoms with Crippen molar-refractivity contribution in [1.82, 2.24) is 19.4 Å². The van der Waals surface area contributed by atoms with Crippen LogP contribution in [0.3, 0.4) is 0 Å². The molecular formula is C11H14N6OS2. The summed E-state index contributed by atoms with van der Waals surface area (Å²) in [7, 11) is 1.70. The van der Waals surface area contributed by atoms with E-state index in [2.05, 4.69) is 20.0 Å². The quantitative estimate of drug-likeness (QED) is 0.803. The maximum atomic E-state index is 12.3. The minimum Gasteiger partial charge on any atom is -0.389 e. The molecule has 20 heavy (non-hydrogen) atoms. The molecule has 0 aromatic carbocycles. The molecule has 2 heterocycles. The molecule has 2 aromatic rings. The Balaban J connectivity index is 2.26. The number of nitrogens with zero attached hydrogens (tertiary/aromatic N) is 4. The molecule has 2 rings (SSSR count). The van der Waals surface area contributed by atoms with Gasteiger partial charge in [-0.25, -0.2) is 0 Å². The first kappa shape index (κ1) is 14.5. The molecule has 0 unspecified atom stereocenters. The topological polar surface area (TPSA) is 98.7 Å². The Morgan fingerprint density at radius 2 is 2.35 bits per heavy atom. The second kappa shape index (κ2) is 6.06. The Hall–Kier alpha value is -1.87. The Morgan fingerprint density at radius 1 is 1.60 bits per heavy atom. The molecule has 0 bridgehead atoms. The first-order valence-corrected chi connectivity index (χ1v) is 7.17. The van der Waals surface area contributed by atoms with Crippen LogP contribution in [-0.2, 0) is 13.5 Å². The summed E-state index contributed by atoms with van der Waals surface area (Å²) < 4.78 is 5.34. The second-order valence-electron chi connectivity index (χ2n) is 4.15. The molecule has 1 amide bonds. The van der Waals surface area contributed by atoms with E-state index in [0.29, 0.717) is 28.4 Å². The zero-order valence-electron chi connectivity index (χ0n) is 11.1. The van der Waals surface area contributed by atoms with Crippen LogP contribution in [0.5, 0.6) is 0 Å². The lowest BCUT2D eigenvalue weighted by Crippen LogP contribution is -2.19. The standard InChI is InChI=1S/C11H14N6OS2/c1-3-4-7-8(20-16-15-7)11(18)14-10-6(9(12)19)5-13-17(10)2/h5H,3-4H2,1-2H3,(H2,12,19)(H,14,18). The van der Waals surface area contributed by atoms with Crippen LogP contribution >= 0.6 is 23.8 Å². The normalized spacial score (nSPS) is 10.5. The van der Waals surface area contributed by atoms with Crippen molar-refractivity contribution in [2.75, 3.05) is 5.32 Å². The summed E-state index contributed by atoms with van der Waals surface area (Å²) in [5, 5.41) is 10.8. The number of nitrogens with one attached hydrogen (secondary N) is 1. The first-order chi connectivity index (χ1) is 9.54.